The van der Waals surface area contributed by atoms with Gasteiger partial charge in [0.25, 0.3) is 5.91 Å². The molecule has 5 aromatic rings. The maximum Gasteiger partial charge on any atom is 0.257 e. The molecule has 0 saturated carbocycles. The molecule has 2 aromatic carbocycles. The van der Waals surface area contributed by atoms with Gasteiger partial charge in [-0.25, -0.2) is 4.98 Å². The molecule has 0 aliphatic heterocycles. The molecule has 176 valence electrons. The number of nitrogens with zero attached hydrogens (tertiary/aromatic N) is 5. The van der Waals surface area contributed by atoms with Crippen LogP contribution in [-0.4, -0.2) is 30.5 Å². The summed E-state index contributed by atoms with van der Waals surface area (Å²) >= 11 is 12.7. The van der Waals surface area contributed by atoms with Crippen LogP contribution in [-0.2, 0) is 13.1 Å². The molecular formula is C26H22Cl2N6O. The van der Waals surface area contributed by atoms with Crippen molar-refractivity contribution in [3.8, 4) is 11.3 Å². The number of halogens is 2. The van der Waals surface area contributed by atoms with E-state index in [0.717, 1.165) is 28.8 Å². The van der Waals surface area contributed by atoms with Crippen LogP contribution in [0.4, 0.5) is 5.82 Å². The Labute approximate surface area is 212 Å². The Bertz CT molecular complexity index is 1560. The Kier molecular flexibility index (Phi) is 6.28. The molecular weight excluding hydrogens is 483 g/mol. The Balaban J connectivity index is 1.49. The van der Waals surface area contributed by atoms with E-state index in [1.54, 1.807) is 16.9 Å². The van der Waals surface area contributed by atoms with Gasteiger partial charge in [-0.05, 0) is 37.6 Å². The summed E-state index contributed by atoms with van der Waals surface area (Å²) in [7, 11) is 0. The number of hydrogen-bond acceptors (Lipinski definition) is 4. The van der Waals surface area contributed by atoms with Crippen LogP contribution in [0.5, 0.6) is 0 Å². The van der Waals surface area contributed by atoms with Gasteiger partial charge >= 0.3 is 0 Å². The fraction of sp³-hybridized carbons (Fsp3) is 0.154. The SMILES string of the molecule is CCn1cc(-c2cc(C(=O)Nc3nn(Cc4ccccc4Cl)cc3Cl)c3ccccc3n2)c(C)n1. The number of rotatable bonds is 6. The molecule has 1 N–H and O–H groups in total. The summed E-state index contributed by atoms with van der Waals surface area (Å²) in [5, 5.41) is 13.6. The Morgan fingerprint density at radius 1 is 0.971 bits per heavy atom. The lowest BCUT2D eigenvalue weighted by atomic mass is 10.0. The molecule has 9 heteroatoms. The number of aryl methyl sites for hydroxylation is 2. The average Bonchev–Trinajstić information content (AvgIpc) is 3.41. The van der Waals surface area contributed by atoms with Crippen LogP contribution >= 0.6 is 23.2 Å². The molecule has 35 heavy (non-hydrogen) atoms. The van der Waals surface area contributed by atoms with Crippen molar-refractivity contribution < 1.29 is 4.79 Å². The highest BCUT2D eigenvalue weighted by atomic mass is 35.5. The minimum absolute atomic E-state index is 0.279. The zero-order chi connectivity index (χ0) is 24.5. The van der Waals surface area contributed by atoms with Crippen LogP contribution in [0.2, 0.25) is 10.0 Å². The highest BCUT2D eigenvalue weighted by Gasteiger charge is 2.19. The van der Waals surface area contributed by atoms with Crippen molar-refractivity contribution in [1.82, 2.24) is 24.5 Å². The first-order chi connectivity index (χ1) is 16.9. The van der Waals surface area contributed by atoms with Gasteiger partial charge in [0, 0.05) is 34.9 Å². The van der Waals surface area contributed by atoms with E-state index in [1.807, 2.05) is 73.3 Å². The van der Waals surface area contributed by atoms with Crippen molar-refractivity contribution in [2.24, 2.45) is 0 Å². The van der Waals surface area contributed by atoms with Gasteiger partial charge in [0.2, 0.25) is 0 Å². The minimum Gasteiger partial charge on any atom is -0.304 e. The summed E-state index contributed by atoms with van der Waals surface area (Å²) in [6.45, 7) is 5.14. The lowest BCUT2D eigenvalue weighted by Gasteiger charge is -2.09. The standard InChI is InChI=1S/C26H22Cl2N6O/c1-3-33-14-20(16(2)31-33)24-12-19(18-9-5-7-11-23(18)29-24)26(35)30-25-22(28)15-34(32-25)13-17-8-4-6-10-21(17)27/h4-12,14-15H,3,13H2,1-2H3,(H,30,32,35). The number of para-hydroxylation sites is 1. The van der Waals surface area contributed by atoms with Crippen LogP contribution in [0, 0.1) is 6.92 Å². The summed E-state index contributed by atoms with van der Waals surface area (Å²) in [5.74, 6) is -0.0450. The number of carbonyl (C=O) groups excluding carboxylic acids is 1. The summed E-state index contributed by atoms with van der Waals surface area (Å²) in [6, 6.07) is 16.9. The fourth-order valence-electron chi connectivity index (χ4n) is 3.97. The van der Waals surface area contributed by atoms with Gasteiger partial charge in [0.05, 0.1) is 29.0 Å². The average molecular weight is 505 g/mol. The lowest BCUT2D eigenvalue weighted by Crippen LogP contribution is -2.14. The molecule has 0 unspecified atom stereocenters. The molecule has 7 nitrogen and oxygen atoms in total. The minimum atomic E-state index is -0.324. The fourth-order valence-corrected chi connectivity index (χ4v) is 4.36. The smallest absolute Gasteiger partial charge is 0.257 e. The predicted octanol–water partition coefficient (Wildman–Crippen LogP) is 6.23. The number of pyridine rings is 1. The Morgan fingerprint density at radius 3 is 2.51 bits per heavy atom. The van der Waals surface area contributed by atoms with Crippen molar-refractivity contribution in [3.05, 3.63) is 93.9 Å². The molecule has 0 aliphatic carbocycles. The summed E-state index contributed by atoms with van der Waals surface area (Å²) in [4.78, 5) is 18.2. The van der Waals surface area contributed by atoms with E-state index < -0.39 is 0 Å². The molecule has 0 fully saturated rings. The first-order valence-electron chi connectivity index (χ1n) is 11.1. The van der Waals surface area contributed by atoms with Gasteiger partial charge in [0.1, 0.15) is 5.02 Å². The maximum absolute atomic E-state index is 13.4. The van der Waals surface area contributed by atoms with E-state index in [9.17, 15) is 4.79 Å². The van der Waals surface area contributed by atoms with Gasteiger partial charge in [-0.15, -0.1) is 0 Å². The number of aromatic nitrogens is 5. The summed E-state index contributed by atoms with van der Waals surface area (Å²) in [5.41, 5.74) is 4.51. The van der Waals surface area contributed by atoms with Gasteiger partial charge in [-0.2, -0.15) is 10.2 Å². The number of carbonyl (C=O) groups is 1. The van der Waals surface area contributed by atoms with E-state index in [4.69, 9.17) is 28.2 Å². The first kappa shape index (κ1) is 23.1. The molecule has 0 spiro atoms. The van der Waals surface area contributed by atoms with E-state index in [0.29, 0.717) is 33.4 Å². The molecule has 0 radical (unpaired) electrons. The topological polar surface area (TPSA) is 77.6 Å². The molecule has 3 heterocycles. The number of hydrogen-bond donors (Lipinski definition) is 1. The third kappa shape index (κ3) is 4.65. The van der Waals surface area contributed by atoms with E-state index in [-0.39, 0.29) is 11.7 Å². The third-order valence-electron chi connectivity index (χ3n) is 5.75. The summed E-state index contributed by atoms with van der Waals surface area (Å²) in [6.07, 6.45) is 3.61. The zero-order valence-electron chi connectivity index (χ0n) is 19.2. The quantitative estimate of drug-likeness (QED) is 0.297. The number of benzene rings is 2. The third-order valence-corrected chi connectivity index (χ3v) is 6.39. The zero-order valence-corrected chi connectivity index (χ0v) is 20.7. The van der Waals surface area contributed by atoms with Crippen molar-refractivity contribution in [3.63, 3.8) is 0 Å². The second-order valence-corrected chi connectivity index (χ2v) is 8.94. The molecule has 3 aromatic heterocycles. The number of nitrogens with one attached hydrogen (secondary N) is 1. The summed E-state index contributed by atoms with van der Waals surface area (Å²) < 4.78 is 3.50. The maximum atomic E-state index is 13.4. The van der Waals surface area contributed by atoms with Crippen LogP contribution in [0.25, 0.3) is 22.2 Å². The number of amides is 1. The van der Waals surface area contributed by atoms with Gasteiger partial charge in [-0.1, -0.05) is 59.6 Å². The molecule has 0 aliphatic rings. The predicted molar refractivity (Wildman–Crippen MR) is 139 cm³/mol. The highest BCUT2D eigenvalue weighted by Crippen LogP contribution is 2.28. The monoisotopic (exact) mass is 504 g/mol. The van der Waals surface area contributed by atoms with Crippen molar-refractivity contribution in [1.29, 1.82) is 0 Å². The van der Waals surface area contributed by atoms with Gasteiger partial charge in [-0.3, -0.25) is 14.2 Å². The lowest BCUT2D eigenvalue weighted by molar-refractivity contribution is 0.102. The number of anilines is 1. The van der Waals surface area contributed by atoms with Crippen LogP contribution in [0.1, 0.15) is 28.5 Å². The Hall–Kier alpha value is -3.68. The normalized spacial score (nSPS) is 11.2. The van der Waals surface area contributed by atoms with E-state index >= 15 is 0 Å². The largest absolute Gasteiger partial charge is 0.304 e. The van der Waals surface area contributed by atoms with Crippen molar-refractivity contribution in [2.75, 3.05) is 5.32 Å². The Morgan fingerprint density at radius 2 is 1.74 bits per heavy atom. The second kappa shape index (κ2) is 9.52. The second-order valence-electron chi connectivity index (χ2n) is 8.12. The van der Waals surface area contributed by atoms with Crippen molar-refractivity contribution >= 4 is 45.8 Å². The van der Waals surface area contributed by atoms with E-state index in [1.165, 1.54) is 0 Å². The van der Waals surface area contributed by atoms with E-state index in [2.05, 4.69) is 15.5 Å². The number of fused-ring (bicyclic) bond motifs is 1. The molecule has 0 saturated heterocycles. The van der Waals surface area contributed by atoms with Crippen LogP contribution in [0.15, 0.2) is 67.0 Å². The van der Waals surface area contributed by atoms with Gasteiger partial charge < -0.3 is 5.32 Å². The first-order valence-corrected chi connectivity index (χ1v) is 11.9. The van der Waals surface area contributed by atoms with Crippen LogP contribution in [0.3, 0.4) is 0 Å². The highest BCUT2D eigenvalue weighted by molar-refractivity contribution is 6.33. The van der Waals surface area contributed by atoms with Crippen molar-refractivity contribution in [2.45, 2.75) is 26.9 Å². The molecule has 5 rings (SSSR count). The molecule has 0 atom stereocenters. The van der Waals surface area contributed by atoms with Gasteiger partial charge in [0.15, 0.2) is 5.82 Å². The van der Waals surface area contributed by atoms with Crippen LogP contribution < -0.4 is 5.32 Å². The molecule has 1 amide bonds. The molecule has 0 bridgehead atoms.